The van der Waals surface area contributed by atoms with Crippen molar-refractivity contribution in [3.63, 3.8) is 0 Å². The predicted octanol–water partition coefficient (Wildman–Crippen LogP) is 1.03. The van der Waals surface area contributed by atoms with Crippen molar-refractivity contribution in [1.29, 1.82) is 0 Å². The van der Waals surface area contributed by atoms with Crippen LogP contribution in [-0.4, -0.2) is 49.0 Å². The Balaban J connectivity index is 3.28. The standard InChI is InChI=1S/C12H19N3O5S/c1-12(2,16)8-14(4)21(19,20)11-6-5-9(15(17)18)7-10(11)13-3/h5-7,13,16H,8H2,1-4H3. The van der Waals surface area contributed by atoms with Gasteiger partial charge in [-0.25, -0.2) is 8.42 Å². The molecule has 1 rings (SSSR count). The molecule has 1 aromatic rings. The summed E-state index contributed by atoms with van der Waals surface area (Å²) in [5, 5.41) is 23.1. The Labute approximate surface area is 123 Å². The van der Waals surface area contributed by atoms with Crippen LogP contribution in [0.3, 0.4) is 0 Å². The van der Waals surface area contributed by atoms with E-state index in [1.165, 1.54) is 34.0 Å². The van der Waals surface area contributed by atoms with Crippen molar-refractivity contribution in [3.05, 3.63) is 28.3 Å². The summed E-state index contributed by atoms with van der Waals surface area (Å²) in [6.07, 6.45) is 0. The van der Waals surface area contributed by atoms with E-state index in [0.29, 0.717) is 0 Å². The summed E-state index contributed by atoms with van der Waals surface area (Å²) < 4.78 is 26.0. The Morgan fingerprint density at radius 2 is 2.00 bits per heavy atom. The molecule has 118 valence electrons. The molecule has 0 aromatic heterocycles. The van der Waals surface area contributed by atoms with Gasteiger partial charge in [-0.1, -0.05) is 0 Å². The Morgan fingerprint density at radius 3 is 2.43 bits per heavy atom. The molecule has 0 spiro atoms. The fourth-order valence-electron chi connectivity index (χ4n) is 1.85. The molecule has 0 radical (unpaired) electrons. The number of anilines is 1. The van der Waals surface area contributed by atoms with E-state index in [9.17, 15) is 23.6 Å². The molecule has 2 N–H and O–H groups in total. The second kappa shape index (κ2) is 5.96. The summed E-state index contributed by atoms with van der Waals surface area (Å²) in [4.78, 5) is 10.1. The van der Waals surface area contributed by atoms with Crippen molar-refractivity contribution in [2.24, 2.45) is 0 Å². The summed E-state index contributed by atoms with van der Waals surface area (Å²) in [6.45, 7) is 2.89. The molecular weight excluding hydrogens is 298 g/mol. The summed E-state index contributed by atoms with van der Waals surface area (Å²) >= 11 is 0. The van der Waals surface area contributed by atoms with Crippen LogP contribution < -0.4 is 5.32 Å². The minimum atomic E-state index is -3.87. The third-order valence-corrected chi connectivity index (χ3v) is 4.60. The molecule has 1 aromatic carbocycles. The Hall–Kier alpha value is -1.71. The van der Waals surface area contributed by atoms with Crippen LogP contribution in [0.2, 0.25) is 0 Å². The van der Waals surface area contributed by atoms with Gasteiger partial charge in [0.05, 0.1) is 16.2 Å². The summed E-state index contributed by atoms with van der Waals surface area (Å²) in [5.74, 6) is 0. The van der Waals surface area contributed by atoms with E-state index in [-0.39, 0.29) is 22.8 Å². The fraction of sp³-hybridized carbons (Fsp3) is 0.500. The van der Waals surface area contributed by atoms with Crippen LogP contribution >= 0.6 is 0 Å². The van der Waals surface area contributed by atoms with Crippen LogP contribution in [0, 0.1) is 10.1 Å². The quantitative estimate of drug-likeness (QED) is 0.598. The molecule has 0 bridgehead atoms. The number of non-ortho nitro benzene ring substituents is 1. The average Bonchev–Trinajstić information content (AvgIpc) is 2.35. The molecule has 8 nitrogen and oxygen atoms in total. The highest BCUT2D eigenvalue weighted by molar-refractivity contribution is 7.89. The maximum Gasteiger partial charge on any atom is 0.271 e. The smallest absolute Gasteiger partial charge is 0.271 e. The number of rotatable bonds is 6. The molecule has 0 amide bonds. The molecule has 0 aliphatic carbocycles. The first-order chi connectivity index (χ1) is 9.49. The first kappa shape index (κ1) is 17.3. The molecule has 0 atom stereocenters. The van der Waals surface area contributed by atoms with Crippen molar-refractivity contribution in [2.45, 2.75) is 24.3 Å². The van der Waals surface area contributed by atoms with Gasteiger partial charge in [0.2, 0.25) is 10.0 Å². The predicted molar refractivity (Wildman–Crippen MR) is 78.8 cm³/mol. The van der Waals surface area contributed by atoms with Crippen LogP contribution in [-0.2, 0) is 10.0 Å². The number of aliphatic hydroxyl groups is 1. The van der Waals surface area contributed by atoms with Gasteiger partial charge in [0, 0.05) is 32.8 Å². The number of nitrogens with one attached hydrogen (secondary N) is 1. The first-order valence-corrected chi connectivity index (χ1v) is 7.58. The topological polar surface area (TPSA) is 113 Å². The lowest BCUT2D eigenvalue weighted by molar-refractivity contribution is -0.384. The number of likely N-dealkylation sites (N-methyl/N-ethyl adjacent to an activating group) is 1. The van der Waals surface area contributed by atoms with Crippen LogP contribution in [0.1, 0.15) is 13.8 Å². The molecule has 9 heteroatoms. The van der Waals surface area contributed by atoms with Crippen LogP contribution in [0.4, 0.5) is 11.4 Å². The maximum atomic E-state index is 12.5. The number of nitrogens with zero attached hydrogens (tertiary/aromatic N) is 2. The summed E-state index contributed by atoms with van der Waals surface area (Å²) in [6, 6.07) is 3.47. The number of nitro benzene ring substituents is 1. The van der Waals surface area contributed by atoms with Crippen LogP contribution in [0.15, 0.2) is 23.1 Å². The second-order valence-electron chi connectivity index (χ2n) is 5.26. The molecule has 0 saturated carbocycles. The number of sulfonamides is 1. The largest absolute Gasteiger partial charge is 0.389 e. The molecule has 0 fully saturated rings. The highest BCUT2D eigenvalue weighted by Gasteiger charge is 2.29. The van der Waals surface area contributed by atoms with Gasteiger partial charge in [-0.2, -0.15) is 4.31 Å². The van der Waals surface area contributed by atoms with Gasteiger partial charge in [-0.05, 0) is 19.9 Å². The normalized spacial score (nSPS) is 12.5. The van der Waals surface area contributed by atoms with Crippen LogP contribution in [0.5, 0.6) is 0 Å². The second-order valence-corrected chi connectivity index (χ2v) is 7.27. The van der Waals surface area contributed by atoms with Gasteiger partial charge >= 0.3 is 0 Å². The first-order valence-electron chi connectivity index (χ1n) is 6.14. The van der Waals surface area contributed by atoms with Gasteiger partial charge < -0.3 is 10.4 Å². The van der Waals surface area contributed by atoms with E-state index in [2.05, 4.69) is 5.32 Å². The number of benzene rings is 1. The molecule has 21 heavy (non-hydrogen) atoms. The van der Waals surface area contributed by atoms with E-state index < -0.39 is 20.5 Å². The molecule has 0 unspecified atom stereocenters. The molecular formula is C12H19N3O5S. The number of hydrogen-bond donors (Lipinski definition) is 2. The van der Waals surface area contributed by atoms with E-state index in [1.807, 2.05) is 0 Å². The lowest BCUT2D eigenvalue weighted by Crippen LogP contribution is -2.39. The fourth-order valence-corrected chi connectivity index (χ4v) is 3.35. The Bertz CT molecular complexity index is 637. The Kier molecular flexibility index (Phi) is 4.92. The van der Waals surface area contributed by atoms with Gasteiger partial charge in [0.15, 0.2) is 0 Å². The average molecular weight is 317 g/mol. The van der Waals surface area contributed by atoms with E-state index >= 15 is 0 Å². The van der Waals surface area contributed by atoms with E-state index in [0.717, 1.165) is 16.4 Å². The molecule has 0 aliphatic heterocycles. The van der Waals surface area contributed by atoms with Crippen molar-refractivity contribution in [3.8, 4) is 0 Å². The van der Waals surface area contributed by atoms with Crippen molar-refractivity contribution in [1.82, 2.24) is 4.31 Å². The minimum Gasteiger partial charge on any atom is -0.389 e. The minimum absolute atomic E-state index is 0.0812. The van der Waals surface area contributed by atoms with E-state index in [4.69, 9.17) is 0 Å². The third kappa shape index (κ3) is 4.13. The van der Waals surface area contributed by atoms with Gasteiger partial charge in [-0.3, -0.25) is 10.1 Å². The molecule has 0 saturated heterocycles. The zero-order chi connectivity index (χ0) is 16.4. The van der Waals surface area contributed by atoms with Gasteiger partial charge in [-0.15, -0.1) is 0 Å². The molecule has 0 heterocycles. The lowest BCUT2D eigenvalue weighted by atomic mass is 10.1. The SMILES string of the molecule is CNc1cc([N+](=O)[O-])ccc1S(=O)(=O)N(C)CC(C)(C)O. The van der Waals surface area contributed by atoms with Gasteiger partial charge in [0.1, 0.15) is 4.90 Å². The van der Waals surface area contributed by atoms with Crippen LogP contribution in [0.25, 0.3) is 0 Å². The highest BCUT2D eigenvalue weighted by Crippen LogP contribution is 2.28. The zero-order valence-electron chi connectivity index (χ0n) is 12.3. The highest BCUT2D eigenvalue weighted by atomic mass is 32.2. The lowest BCUT2D eigenvalue weighted by Gasteiger charge is -2.25. The monoisotopic (exact) mass is 317 g/mol. The van der Waals surface area contributed by atoms with Crippen molar-refractivity contribution >= 4 is 21.4 Å². The van der Waals surface area contributed by atoms with Crippen molar-refractivity contribution < 1.29 is 18.4 Å². The number of nitro groups is 1. The van der Waals surface area contributed by atoms with Gasteiger partial charge in [0.25, 0.3) is 5.69 Å². The summed E-state index contributed by atoms with van der Waals surface area (Å²) in [5.41, 5.74) is -1.27. The van der Waals surface area contributed by atoms with Crippen molar-refractivity contribution in [2.75, 3.05) is 26.0 Å². The van der Waals surface area contributed by atoms with E-state index in [1.54, 1.807) is 0 Å². The molecule has 0 aliphatic rings. The number of hydrogen-bond acceptors (Lipinski definition) is 6. The third-order valence-electron chi connectivity index (χ3n) is 2.74. The summed E-state index contributed by atoms with van der Waals surface area (Å²) in [7, 11) is -1.05. The Morgan fingerprint density at radius 1 is 1.43 bits per heavy atom. The maximum absolute atomic E-state index is 12.5. The zero-order valence-corrected chi connectivity index (χ0v) is 13.1.